The van der Waals surface area contributed by atoms with Gasteiger partial charge in [0.25, 0.3) is 0 Å². The number of methoxy groups -OCH3 is 1. The van der Waals surface area contributed by atoms with Gasteiger partial charge in [-0.15, -0.1) is 11.3 Å². The molecule has 0 saturated heterocycles. The Balaban J connectivity index is 1.46. The highest BCUT2D eigenvalue weighted by Crippen LogP contribution is 2.21. The molecule has 7 nitrogen and oxygen atoms in total. The summed E-state index contributed by atoms with van der Waals surface area (Å²) >= 11 is 1.71. The van der Waals surface area contributed by atoms with Crippen LogP contribution in [0.3, 0.4) is 0 Å². The van der Waals surface area contributed by atoms with E-state index < -0.39 is 0 Å². The molecule has 3 heterocycles. The molecule has 1 atom stereocenters. The van der Waals surface area contributed by atoms with Gasteiger partial charge in [0.15, 0.2) is 0 Å². The van der Waals surface area contributed by atoms with Crippen molar-refractivity contribution >= 4 is 17.2 Å². The Morgan fingerprint density at radius 2 is 2.35 bits per heavy atom. The normalized spacial score (nSPS) is 16.9. The van der Waals surface area contributed by atoms with Crippen molar-refractivity contribution in [3.63, 3.8) is 0 Å². The average Bonchev–Trinajstić information content (AvgIpc) is 3.19. The van der Waals surface area contributed by atoms with Crippen molar-refractivity contribution in [2.45, 2.75) is 45.2 Å². The molecule has 2 aromatic heterocycles. The topological polar surface area (TPSA) is 78.2 Å². The molecule has 8 heteroatoms. The van der Waals surface area contributed by atoms with E-state index in [-0.39, 0.29) is 11.6 Å². The Kier molecular flexibility index (Phi) is 6.62. The Morgan fingerprint density at radius 3 is 3.12 bits per heavy atom. The molecule has 26 heavy (non-hydrogen) atoms. The molecule has 1 N–H and O–H groups in total. The minimum absolute atomic E-state index is 0.0712. The molecule has 1 amide bonds. The first-order chi connectivity index (χ1) is 12.7. The van der Waals surface area contributed by atoms with Crippen LogP contribution in [0.1, 0.15) is 30.0 Å². The van der Waals surface area contributed by atoms with Gasteiger partial charge >= 0.3 is 5.69 Å². The van der Waals surface area contributed by atoms with Crippen LogP contribution in [0.15, 0.2) is 22.3 Å². The summed E-state index contributed by atoms with van der Waals surface area (Å²) in [6.07, 6.45) is 3.86. The lowest BCUT2D eigenvalue weighted by Crippen LogP contribution is -2.28. The number of fused-ring (bicyclic) bond motifs is 1. The van der Waals surface area contributed by atoms with Crippen molar-refractivity contribution < 1.29 is 9.53 Å². The number of carbonyl (C=O) groups excluding carboxylic acids is 1. The molecule has 0 fully saturated rings. The number of nitrogens with one attached hydrogen (secondary N) is 1. The van der Waals surface area contributed by atoms with Crippen LogP contribution in [-0.2, 0) is 35.5 Å². The summed E-state index contributed by atoms with van der Waals surface area (Å²) in [6, 6.07) is 4.11. The lowest BCUT2D eigenvalue weighted by molar-refractivity contribution is -0.122. The maximum Gasteiger partial charge on any atom is 0.345 e. The first kappa shape index (κ1) is 18.8. The summed E-state index contributed by atoms with van der Waals surface area (Å²) < 4.78 is 8.26. The van der Waals surface area contributed by atoms with Gasteiger partial charge in [-0.05, 0) is 36.6 Å². The SMILES string of the molecule is COCCn1nc2n(c1=O)CCC(CC(=O)NCCc1cccs1)CC2. The number of aromatic nitrogens is 3. The molecule has 0 saturated carbocycles. The Labute approximate surface area is 157 Å². The van der Waals surface area contributed by atoms with Crippen LogP contribution < -0.4 is 11.0 Å². The van der Waals surface area contributed by atoms with E-state index in [1.165, 1.54) is 9.56 Å². The maximum absolute atomic E-state index is 12.4. The summed E-state index contributed by atoms with van der Waals surface area (Å²) in [7, 11) is 1.61. The number of amides is 1. The van der Waals surface area contributed by atoms with Crippen LogP contribution in [0, 0.1) is 5.92 Å². The number of thiophene rings is 1. The number of hydrogen-bond acceptors (Lipinski definition) is 5. The number of nitrogens with zero attached hydrogens (tertiary/aromatic N) is 3. The van der Waals surface area contributed by atoms with Gasteiger partial charge in [0.05, 0.1) is 13.2 Å². The molecular weight excluding hydrogens is 352 g/mol. The van der Waals surface area contributed by atoms with Crippen LogP contribution >= 0.6 is 11.3 Å². The summed E-state index contributed by atoms with van der Waals surface area (Å²) in [4.78, 5) is 25.9. The van der Waals surface area contributed by atoms with Crippen LogP contribution in [0.2, 0.25) is 0 Å². The molecule has 0 bridgehead atoms. The lowest BCUT2D eigenvalue weighted by Gasteiger charge is -2.13. The van der Waals surface area contributed by atoms with Crippen molar-refractivity contribution in [3.05, 3.63) is 38.7 Å². The van der Waals surface area contributed by atoms with E-state index in [2.05, 4.69) is 21.9 Å². The third kappa shape index (κ3) is 4.82. The third-order valence-electron chi connectivity index (χ3n) is 4.79. The van der Waals surface area contributed by atoms with Gasteiger partial charge in [0, 0.05) is 37.9 Å². The van der Waals surface area contributed by atoms with E-state index >= 15 is 0 Å². The van der Waals surface area contributed by atoms with E-state index in [1.807, 2.05) is 6.07 Å². The molecule has 0 aromatic carbocycles. The Morgan fingerprint density at radius 1 is 1.46 bits per heavy atom. The van der Waals surface area contributed by atoms with Crippen molar-refractivity contribution in [3.8, 4) is 0 Å². The molecule has 0 aliphatic carbocycles. The molecule has 1 aliphatic heterocycles. The molecule has 1 unspecified atom stereocenters. The fraction of sp³-hybridized carbons (Fsp3) is 0.611. The minimum Gasteiger partial charge on any atom is -0.383 e. The van der Waals surface area contributed by atoms with Gasteiger partial charge in [-0.1, -0.05) is 6.07 Å². The van der Waals surface area contributed by atoms with Gasteiger partial charge in [-0.25, -0.2) is 9.48 Å². The fourth-order valence-electron chi connectivity index (χ4n) is 3.33. The van der Waals surface area contributed by atoms with Crippen molar-refractivity contribution in [2.75, 3.05) is 20.3 Å². The lowest BCUT2D eigenvalue weighted by atomic mass is 9.96. The molecule has 3 rings (SSSR count). The van der Waals surface area contributed by atoms with Crippen molar-refractivity contribution in [1.29, 1.82) is 0 Å². The molecule has 1 aliphatic rings. The zero-order valence-electron chi connectivity index (χ0n) is 15.1. The zero-order valence-corrected chi connectivity index (χ0v) is 16.0. The zero-order chi connectivity index (χ0) is 18.4. The number of carbonyl (C=O) groups is 1. The van der Waals surface area contributed by atoms with Gasteiger partial charge < -0.3 is 10.1 Å². The summed E-state index contributed by atoms with van der Waals surface area (Å²) in [5, 5.41) is 9.49. The summed E-state index contributed by atoms with van der Waals surface area (Å²) in [6.45, 7) is 2.27. The highest BCUT2D eigenvalue weighted by atomic mass is 32.1. The van der Waals surface area contributed by atoms with Gasteiger partial charge in [-0.2, -0.15) is 5.10 Å². The van der Waals surface area contributed by atoms with Crippen LogP contribution in [0.5, 0.6) is 0 Å². The van der Waals surface area contributed by atoms with Crippen molar-refractivity contribution in [1.82, 2.24) is 19.7 Å². The number of rotatable bonds is 8. The highest BCUT2D eigenvalue weighted by molar-refractivity contribution is 7.09. The second-order valence-electron chi connectivity index (χ2n) is 6.64. The summed E-state index contributed by atoms with van der Waals surface area (Å²) in [5.74, 6) is 1.22. The average molecular weight is 378 g/mol. The molecule has 0 radical (unpaired) electrons. The second-order valence-corrected chi connectivity index (χ2v) is 7.68. The van der Waals surface area contributed by atoms with Gasteiger partial charge in [-0.3, -0.25) is 9.36 Å². The predicted molar refractivity (Wildman–Crippen MR) is 100 cm³/mol. The van der Waals surface area contributed by atoms with E-state index in [0.717, 1.165) is 31.5 Å². The van der Waals surface area contributed by atoms with E-state index in [9.17, 15) is 9.59 Å². The van der Waals surface area contributed by atoms with E-state index in [0.29, 0.717) is 38.6 Å². The smallest absolute Gasteiger partial charge is 0.345 e. The Hall–Kier alpha value is -1.93. The fourth-order valence-corrected chi connectivity index (χ4v) is 4.04. The first-order valence-corrected chi connectivity index (χ1v) is 10.00. The van der Waals surface area contributed by atoms with Crippen LogP contribution in [0.25, 0.3) is 0 Å². The molecule has 2 aromatic rings. The minimum atomic E-state index is -0.0712. The second kappa shape index (κ2) is 9.14. The Bertz CT molecular complexity index is 766. The highest BCUT2D eigenvalue weighted by Gasteiger charge is 2.22. The van der Waals surface area contributed by atoms with Crippen molar-refractivity contribution in [2.24, 2.45) is 5.92 Å². The quantitative estimate of drug-likeness (QED) is 0.754. The monoisotopic (exact) mass is 378 g/mol. The molecular formula is C18H26N4O3S. The standard InChI is InChI=1S/C18H26N4O3S/c1-25-11-10-22-18(24)21-9-7-14(4-5-16(21)20-22)13-17(23)19-8-6-15-3-2-12-26-15/h2-3,12,14H,4-11,13H2,1H3,(H,19,23). The maximum atomic E-state index is 12.4. The third-order valence-corrected chi connectivity index (χ3v) is 5.73. The first-order valence-electron chi connectivity index (χ1n) is 9.12. The largest absolute Gasteiger partial charge is 0.383 e. The van der Waals surface area contributed by atoms with Gasteiger partial charge in [0.2, 0.25) is 5.91 Å². The summed E-state index contributed by atoms with van der Waals surface area (Å²) in [5.41, 5.74) is -0.0712. The van der Waals surface area contributed by atoms with Crippen LogP contribution in [-0.4, -0.2) is 40.5 Å². The van der Waals surface area contributed by atoms with Gasteiger partial charge in [0.1, 0.15) is 5.82 Å². The number of aryl methyl sites for hydroxylation is 1. The molecule has 142 valence electrons. The van der Waals surface area contributed by atoms with E-state index in [4.69, 9.17) is 4.74 Å². The van der Waals surface area contributed by atoms with E-state index in [1.54, 1.807) is 23.0 Å². The number of hydrogen-bond donors (Lipinski definition) is 1. The predicted octanol–water partition coefficient (Wildman–Crippen LogP) is 1.45. The number of ether oxygens (including phenoxy) is 1. The molecule has 0 spiro atoms. The van der Waals surface area contributed by atoms with Crippen LogP contribution in [0.4, 0.5) is 0 Å².